The third-order valence-electron chi connectivity index (χ3n) is 5.60. The lowest BCUT2D eigenvalue weighted by molar-refractivity contribution is -0.123. The van der Waals surface area contributed by atoms with Crippen molar-refractivity contribution in [3.8, 4) is 11.5 Å². The van der Waals surface area contributed by atoms with Gasteiger partial charge in [0.1, 0.15) is 13.2 Å². The molecule has 0 bridgehead atoms. The predicted octanol–water partition coefficient (Wildman–Crippen LogP) is 2.98. The number of hydrogen-bond acceptors (Lipinski definition) is 4. The molecule has 6 heteroatoms. The number of amides is 1. The second-order valence-corrected chi connectivity index (χ2v) is 7.24. The van der Waals surface area contributed by atoms with E-state index in [0.29, 0.717) is 25.2 Å². The van der Waals surface area contributed by atoms with Gasteiger partial charge in [0.2, 0.25) is 5.91 Å². The van der Waals surface area contributed by atoms with E-state index in [1.807, 2.05) is 25.1 Å². The van der Waals surface area contributed by atoms with Crippen LogP contribution in [0.2, 0.25) is 0 Å². The highest BCUT2D eigenvalue weighted by Crippen LogP contribution is 2.34. The summed E-state index contributed by atoms with van der Waals surface area (Å²) < 4.78 is 11.2. The van der Waals surface area contributed by atoms with Crippen molar-refractivity contribution in [1.82, 2.24) is 10.6 Å². The molecule has 1 aliphatic carbocycles. The number of halogens is 1. The molecule has 1 aromatic carbocycles. The monoisotopic (exact) mass is 366 g/mol. The summed E-state index contributed by atoms with van der Waals surface area (Å²) in [5.74, 6) is 2.35. The van der Waals surface area contributed by atoms with Crippen LogP contribution in [0, 0.1) is 5.92 Å². The fourth-order valence-electron chi connectivity index (χ4n) is 4.25. The molecule has 4 rings (SSSR count). The molecule has 4 unspecified atom stereocenters. The highest BCUT2D eigenvalue weighted by Gasteiger charge is 2.38. The number of benzene rings is 1. The van der Waals surface area contributed by atoms with Crippen molar-refractivity contribution in [1.29, 1.82) is 0 Å². The Morgan fingerprint density at radius 2 is 1.96 bits per heavy atom. The van der Waals surface area contributed by atoms with Crippen LogP contribution in [0.4, 0.5) is 0 Å². The summed E-state index contributed by atoms with van der Waals surface area (Å²) in [6.45, 7) is 3.19. The van der Waals surface area contributed by atoms with Crippen molar-refractivity contribution in [2.75, 3.05) is 13.2 Å². The van der Waals surface area contributed by atoms with Crippen LogP contribution in [0.3, 0.4) is 0 Å². The summed E-state index contributed by atoms with van der Waals surface area (Å²) in [6, 6.07) is 6.35. The van der Waals surface area contributed by atoms with E-state index in [1.54, 1.807) is 0 Å². The molecule has 4 atom stereocenters. The van der Waals surface area contributed by atoms with E-state index in [2.05, 4.69) is 10.6 Å². The van der Waals surface area contributed by atoms with Crippen LogP contribution in [0.25, 0.3) is 0 Å². The summed E-state index contributed by atoms with van der Waals surface area (Å²) >= 11 is 0. The molecule has 2 N–H and O–H groups in total. The Kier molecular flexibility index (Phi) is 5.74. The fraction of sp³-hybridized carbons (Fsp3) is 0.632. The van der Waals surface area contributed by atoms with E-state index >= 15 is 0 Å². The van der Waals surface area contributed by atoms with E-state index in [4.69, 9.17) is 9.47 Å². The molecule has 2 heterocycles. The molecule has 5 nitrogen and oxygen atoms in total. The molecule has 1 saturated carbocycles. The first-order valence-electron chi connectivity index (χ1n) is 9.16. The van der Waals surface area contributed by atoms with E-state index in [-0.39, 0.29) is 30.4 Å². The number of fused-ring (bicyclic) bond motifs is 2. The second kappa shape index (κ2) is 7.83. The molecular weight excluding hydrogens is 340 g/mol. The second-order valence-electron chi connectivity index (χ2n) is 7.24. The lowest BCUT2D eigenvalue weighted by Gasteiger charge is -2.24. The van der Waals surface area contributed by atoms with Crippen molar-refractivity contribution >= 4 is 18.3 Å². The minimum atomic E-state index is -0.0437. The van der Waals surface area contributed by atoms with Crippen LogP contribution in [-0.4, -0.2) is 31.2 Å². The molecule has 25 heavy (non-hydrogen) atoms. The quantitative estimate of drug-likeness (QED) is 0.863. The Morgan fingerprint density at radius 3 is 2.76 bits per heavy atom. The highest BCUT2D eigenvalue weighted by atomic mass is 35.5. The topological polar surface area (TPSA) is 59.6 Å². The normalized spacial score (nSPS) is 28.4. The van der Waals surface area contributed by atoms with Crippen molar-refractivity contribution in [2.45, 2.75) is 57.2 Å². The molecule has 0 radical (unpaired) electrons. The smallest absolute Gasteiger partial charge is 0.237 e. The molecule has 3 aliphatic rings. The van der Waals surface area contributed by atoms with Crippen LogP contribution >= 0.6 is 12.4 Å². The largest absolute Gasteiger partial charge is 0.486 e. The van der Waals surface area contributed by atoms with Gasteiger partial charge in [-0.05, 0) is 49.8 Å². The molecule has 1 saturated heterocycles. The summed E-state index contributed by atoms with van der Waals surface area (Å²) in [5, 5.41) is 6.70. The number of hydrogen-bond donors (Lipinski definition) is 2. The zero-order chi connectivity index (χ0) is 16.5. The van der Waals surface area contributed by atoms with E-state index in [9.17, 15) is 4.79 Å². The maximum Gasteiger partial charge on any atom is 0.237 e. The number of rotatable bonds is 3. The van der Waals surface area contributed by atoms with Crippen LogP contribution in [0.15, 0.2) is 18.2 Å². The van der Waals surface area contributed by atoms with Gasteiger partial charge < -0.3 is 20.1 Å². The van der Waals surface area contributed by atoms with Gasteiger partial charge in [0.15, 0.2) is 11.5 Å². The van der Waals surface area contributed by atoms with Crippen LogP contribution in [0.1, 0.15) is 50.6 Å². The Balaban J connectivity index is 0.00000182. The number of nitrogens with one attached hydrogen (secondary N) is 2. The Hall–Kier alpha value is -1.46. The molecular formula is C19H27ClN2O3. The third kappa shape index (κ3) is 3.87. The third-order valence-corrected chi connectivity index (χ3v) is 5.60. The van der Waals surface area contributed by atoms with Crippen LogP contribution < -0.4 is 20.1 Å². The van der Waals surface area contributed by atoms with E-state index in [1.165, 1.54) is 25.7 Å². The SMILES string of the molecule is CC(NC(=O)C1CC2CCCCC2N1)c1ccc2c(c1)OCCO2.Cl. The zero-order valence-corrected chi connectivity index (χ0v) is 15.4. The number of carbonyl (C=O) groups is 1. The van der Waals surface area contributed by atoms with Gasteiger partial charge >= 0.3 is 0 Å². The Morgan fingerprint density at radius 1 is 1.20 bits per heavy atom. The average Bonchev–Trinajstić information content (AvgIpc) is 3.05. The first kappa shape index (κ1) is 18.3. The Labute approximate surface area is 155 Å². The molecule has 2 aliphatic heterocycles. The fourth-order valence-corrected chi connectivity index (χ4v) is 4.25. The molecule has 0 spiro atoms. The summed E-state index contributed by atoms with van der Waals surface area (Å²) in [5.41, 5.74) is 1.04. The summed E-state index contributed by atoms with van der Waals surface area (Å²) in [6.07, 6.45) is 6.05. The van der Waals surface area contributed by atoms with Gasteiger partial charge in [0, 0.05) is 6.04 Å². The molecule has 2 fully saturated rings. The molecule has 138 valence electrons. The lowest BCUT2D eigenvalue weighted by Crippen LogP contribution is -2.43. The maximum absolute atomic E-state index is 12.6. The van der Waals surface area contributed by atoms with Gasteiger partial charge in [-0.3, -0.25) is 4.79 Å². The van der Waals surface area contributed by atoms with Crippen molar-refractivity contribution < 1.29 is 14.3 Å². The highest BCUT2D eigenvalue weighted by molar-refractivity contribution is 5.85. The van der Waals surface area contributed by atoms with Gasteiger partial charge in [0.05, 0.1) is 12.1 Å². The Bertz CT molecular complexity index is 611. The molecule has 0 aromatic heterocycles. The molecule has 1 amide bonds. The van der Waals surface area contributed by atoms with Gasteiger partial charge in [-0.1, -0.05) is 18.9 Å². The van der Waals surface area contributed by atoms with Crippen molar-refractivity contribution in [2.24, 2.45) is 5.92 Å². The zero-order valence-electron chi connectivity index (χ0n) is 14.6. The number of ether oxygens (including phenoxy) is 2. The van der Waals surface area contributed by atoms with Gasteiger partial charge in [0.25, 0.3) is 0 Å². The van der Waals surface area contributed by atoms with Crippen LogP contribution in [0.5, 0.6) is 11.5 Å². The molecule has 1 aromatic rings. The van der Waals surface area contributed by atoms with Gasteiger partial charge in [-0.25, -0.2) is 0 Å². The van der Waals surface area contributed by atoms with E-state index in [0.717, 1.165) is 23.5 Å². The average molecular weight is 367 g/mol. The first-order valence-corrected chi connectivity index (χ1v) is 9.16. The maximum atomic E-state index is 12.6. The van der Waals surface area contributed by atoms with Gasteiger partial charge in [-0.15, -0.1) is 12.4 Å². The van der Waals surface area contributed by atoms with Crippen molar-refractivity contribution in [3.63, 3.8) is 0 Å². The first-order chi connectivity index (χ1) is 11.7. The van der Waals surface area contributed by atoms with Crippen LogP contribution in [-0.2, 0) is 4.79 Å². The number of carbonyl (C=O) groups excluding carboxylic acids is 1. The minimum absolute atomic E-state index is 0. The predicted molar refractivity (Wildman–Crippen MR) is 98.5 cm³/mol. The standard InChI is InChI=1S/C19H26N2O3.ClH/c1-12(13-6-7-17-18(11-13)24-9-8-23-17)20-19(22)16-10-14-4-2-3-5-15(14)21-16;/h6-7,11-12,14-16,21H,2-5,8-10H2,1H3,(H,20,22);1H. The van der Waals surface area contributed by atoms with E-state index < -0.39 is 0 Å². The summed E-state index contributed by atoms with van der Waals surface area (Å²) in [7, 11) is 0. The van der Waals surface area contributed by atoms with Crippen molar-refractivity contribution in [3.05, 3.63) is 23.8 Å². The van der Waals surface area contributed by atoms with Gasteiger partial charge in [-0.2, -0.15) is 0 Å². The lowest BCUT2D eigenvalue weighted by atomic mass is 9.85. The minimum Gasteiger partial charge on any atom is -0.486 e. The summed E-state index contributed by atoms with van der Waals surface area (Å²) in [4.78, 5) is 12.6.